The number of halogens is 1. The molecule has 6 heteroatoms. The Hall–Kier alpha value is -2.86. The van der Waals surface area contributed by atoms with Crippen molar-refractivity contribution in [3.63, 3.8) is 0 Å². The summed E-state index contributed by atoms with van der Waals surface area (Å²) in [4.78, 5) is 12.6. The lowest BCUT2D eigenvalue weighted by molar-refractivity contribution is 0.475. The lowest BCUT2D eigenvalue weighted by Gasteiger charge is -2.01. The van der Waals surface area contributed by atoms with Crippen LogP contribution >= 0.6 is 11.8 Å². The second-order valence-electron chi connectivity index (χ2n) is 5.23. The fraction of sp³-hybridized carbons (Fsp3) is 0. The van der Waals surface area contributed by atoms with Crippen LogP contribution in [-0.2, 0) is 0 Å². The van der Waals surface area contributed by atoms with Crippen LogP contribution in [-0.4, -0.2) is 20.1 Å². The van der Waals surface area contributed by atoms with Gasteiger partial charge in [0.05, 0.1) is 5.39 Å². The number of phenolic OH excluding ortho intramolecular Hbond substituents is 1. The molecule has 0 radical (unpaired) electrons. The highest BCUT2D eigenvalue weighted by Crippen LogP contribution is 2.33. The van der Waals surface area contributed by atoms with E-state index in [1.165, 1.54) is 30.2 Å². The summed E-state index contributed by atoms with van der Waals surface area (Å²) in [7, 11) is 0. The molecular formula is C18H12FN3OS. The molecule has 4 nitrogen and oxygen atoms in total. The summed E-state index contributed by atoms with van der Waals surface area (Å²) in [6.07, 6.45) is 1.49. The van der Waals surface area contributed by atoms with Crippen LogP contribution in [0.1, 0.15) is 0 Å². The third-order valence-corrected chi connectivity index (χ3v) is 4.59. The summed E-state index contributed by atoms with van der Waals surface area (Å²) in [5.41, 5.74) is 2.53. The van der Waals surface area contributed by atoms with Gasteiger partial charge in [-0.2, -0.15) is 0 Å². The number of hydrogen-bond donors (Lipinski definition) is 2. The van der Waals surface area contributed by atoms with E-state index in [1.807, 2.05) is 24.3 Å². The average Bonchev–Trinajstić information content (AvgIpc) is 3.01. The molecule has 24 heavy (non-hydrogen) atoms. The number of hydrogen-bond acceptors (Lipinski definition) is 4. The van der Waals surface area contributed by atoms with E-state index in [9.17, 15) is 9.50 Å². The summed E-state index contributed by atoms with van der Waals surface area (Å²) in [5.74, 6) is -0.0545. The minimum absolute atomic E-state index is 0.219. The number of H-pyrrole nitrogens is 1. The van der Waals surface area contributed by atoms with E-state index >= 15 is 0 Å². The zero-order valence-corrected chi connectivity index (χ0v) is 13.2. The Morgan fingerprint density at radius 3 is 2.62 bits per heavy atom. The van der Waals surface area contributed by atoms with Gasteiger partial charge in [-0.15, -0.1) is 0 Å². The molecule has 0 saturated heterocycles. The molecule has 0 aliphatic rings. The van der Waals surface area contributed by atoms with Crippen LogP contribution in [0.25, 0.3) is 22.3 Å². The highest BCUT2D eigenvalue weighted by molar-refractivity contribution is 7.99. The van der Waals surface area contributed by atoms with Gasteiger partial charge >= 0.3 is 0 Å². The van der Waals surface area contributed by atoms with Crippen molar-refractivity contribution in [2.75, 3.05) is 0 Å². The second-order valence-corrected chi connectivity index (χ2v) is 6.29. The van der Waals surface area contributed by atoms with Gasteiger partial charge in [0.25, 0.3) is 0 Å². The van der Waals surface area contributed by atoms with Crippen molar-refractivity contribution in [3.05, 3.63) is 66.7 Å². The zero-order chi connectivity index (χ0) is 16.5. The first-order chi connectivity index (χ1) is 11.7. The Balaban J connectivity index is 1.76. The topological polar surface area (TPSA) is 61.8 Å². The highest BCUT2D eigenvalue weighted by atomic mass is 32.2. The maximum Gasteiger partial charge on any atom is 0.142 e. The van der Waals surface area contributed by atoms with Crippen LogP contribution in [0, 0.1) is 5.82 Å². The summed E-state index contributed by atoms with van der Waals surface area (Å²) in [5, 5.41) is 11.0. The molecule has 118 valence electrons. The molecule has 2 aromatic carbocycles. The number of fused-ring (bicyclic) bond motifs is 1. The van der Waals surface area contributed by atoms with Crippen LogP contribution in [0.2, 0.25) is 0 Å². The van der Waals surface area contributed by atoms with Gasteiger partial charge in [0.1, 0.15) is 28.6 Å². The molecule has 0 bridgehead atoms. The maximum absolute atomic E-state index is 13.4. The van der Waals surface area contributed by atoms with E-state index in [4.69, 9.17) is 0 Å². The van der Waals surface area contributed by atoms with Gasteiger partial charge < -0.3 is 10.1 Å². The number of nitrogens with zero attached hydrogens (tertiary/aromatic N) is 2. The van der Waals surface area contributed by atoms with Crippen LogP contribution in [0.4, 0.5) is 4.39 Å². The fourth-order valence-corrected chi connectivity index (χ4v) is 3.34. The fourth-order valence-electron chi connectivity index (χ4n) is 2.44. The quantitative estimate of drug-likeness (QED) is 0.536. The Morgan fingerprint density at radius 2 is 1.83 bits per heavy atom. The van der Waals surface area contributed by atoms with Gasteiger partial charge in [-0.1, -0.05) is 17.8 Å². The molecule has 0 amide bonds. The number of aromatic nitrogens is 3. The zero-order valence-electron chi connectivity index (χ0n) is 12.4. The molecular weight excluding hydrogens is 325 g/mol. The van der Waals surface area contributed by atoms with Crippen LogP contribution in [0.3, 0.4) is 0 Å². The van der Waals surface area contributed by atoms with Gasteiger partial charge in [-0.25, -0.2) is 14.4 Å². The summed E-state index contributed by atoms with van der Waals surface area (Å²) in [6, 6.07) is 15.3. The van der Waals surface area contributed by atoms with Crippen LogP contribution in [0.5, 0.6) is 5.75 Å². The molecule has 0 aliphatic heterocycles. The van der Waals surface area contributed by atoms with Crippen molar-refractivity contribution in [2.24, 2.45) is 0 Å². The average molecular weight is 337 g/mol. The minimum Gasteiger partial charge on any atom is -0.508 e. The first-order valence-electron chi connectivity index (χ1n) is 7.25. The van der Waals surface area contributed by atoms with Gasteiger partial charge in [0.15, 0.2) is 0 Å². The summed E-state index contributed by atoms with van der Waals surface area (Å²) >= 11 is 1.39. The van der Waals surface area contributed by atoms with Crippen molar-refractivity contribution >= 4 is 22.8 Å². The normalized spacial score (nSPS) is 11.0. The number of rotatable bonds is 3. The highest BCUT2D eigenvalue weighted by Gasteiger charge is 2.11. The molecule has 2 N–H and O–H groups in total. The van der Waals surface area contributed by atoms with Crippen molar-refractivity contribution < 1.29 is 9.50 Å². The smallest absolute Gasteiger partial charge is 0.142 e. The van der Waals surface area contributed by atoms with Gasteiger partial charge in [0, 0.05) is 10.6 Å². The monoisotopic (exact) mass is 337 g/mol. The first kappa shape index (κ1) is 14.7. The molecule has 4 aromatic rings. The Bertz CT molecular complexity index is 1010. The van der Waals surface area contributed by atoms with Crippen molar-refractivity contribution in [3.8, 4) is 17.0 Å². The Kier molecular flexibility index (Phi) is 3.66. The van der Waals surface area contributed by atoms with E-state index in [0.29, 0.717) is 5.65 Å². The van der Waals surface area contributed by atoms with E-state index in [0.717, 1.165) is 26.6 Å². The standard InChI is InChI=1S/C18H12FN3OS/c19-12-2-1-3-14(8-12)24-18-15-9-16(22-17(15)20-10-21-18)11-4-6-13(23)7-5-11/h1-10,23H,(H,20,21,22). The number of aromatic hydroxyl groups is 1. The third kappa shape index (κ3) is 2.83. The second kappa shape index (κ2) is 5.98. The lowest BCUT2D eigenvalue weighted by Crippen LogP contribution is -1.85. The number of nitrogens with one attached hydrogen (secondary N) is 1. The maximum atomic E-state index is 13.4. The van der Waals surface area contributed by atoms with Crippen LogP contribution < -0.4 is 0 Å². The number of phenols is 1. The molecule has 0 unspecified atom stereocenters. The van der Waals surface area contributed by atoms with Gasteiger partial charge in [-0.05, 0) is 54.1 Å². The Labute approximate surface area is 141 Å². The van der Waals surface area contributed by atoms with Gasteiger partial charge in [0.2, 0.25) is 0 Å². The van der Waals surface area contributed by atoms with Crippen molar-refractivity contribution in [1.29, 1.82) is 0 Å². The molecule has 4 rings (SSSR count). The van der Waals surface area contributed by atoms with E-state index < -0.39 is 0 Å². The number of benzene rings is 2. The van der Waals surface area contributed by atoms with E-state index in [1.54, 1.807) is 18.2 Å². The first-order valence-corrected chi connectivity index (χ1v) is 8.07. The largest absolute Gasteiger partial charge is 0.508 e. The van der Waals surface area contributed by atoms with Crippen molar-refractivity contribution in [2.45, 2.75) is 9.92 Å². The summed E-state index contributed by atoms with van der Waals surface area (Å²) < 4.78 is 13.4. The van der Waals surface area contributed by atoms with E-state index in [2.05, 4.69) is 15.0 Å². The predicted molar refractivity (Wildman–Crippen MR) is 91.5 cm³/mol. The third-order valence-electron chi connectivity index (χ3n) is 3.58. The molecule has 0 fully saturated rings. The lowest BCUT2D eigenvalue weighted by atomic mass is 10.1. The molecule has 2 aromatic heterocycles. The predicted octanol–water partition coefficient (Wildman–Crippen LogP) is 4.62. The van der Waals surface area contributed by atoms with E-state index in [-0.39, 0.29) is 11.6 Å². The molecule has 0 saturated carbocycles. The SMILES string of the molecule is Oc1ccc(-c2cc3c(Sc4cccc(F)c4)ncnc3[nH]2)cc1. The molecule has 0 atom stereocenters. The van der Waals surface area contributed by atoms with Crippen LogP contribution in [0.15, 0.2) is 70.8 Å². The number of aromatic amines is 1. The minimum atomic E-state index is -0.274. The Morgan fingerprint density at radius 1 is 1.00 bits per heavy atom. The van der Waals surface area contributed by atoms with Crippen molar-refractivity contribution in [1.82, 2.24) is 15.0 Å². The van der Waals surface area contributed by atoms with Gasteiger partial charge in [-0.3, -0.25) is 0 Å². The molecule has 2 heterocycles. The molecule has 0 spiro atoms. The molecule has 0 aliphatic carbocycles. The summed E-state index contributed by atoms with van der Waals surface area (Å²) in [6.45, 7) is 0.